The zero-order chi connectivity index (χ0) is 16.9. The molecule has 0 unspecified atom stereocenters. The molecule has 2 N–H and O–H groups in total. The molecule has 0 spiro atoms. The molecule has 2 rings (SSSR count). The van der Waals surface area contributed by atoms with Crippen molar-refractivity contribution in [1.82, 2.24) is 0 Å². The lowest BCUT2D eigenvalue weighted by atomic mass is 9.91. The summed E-state index contributed by atoms with van der Waals surface area (Å²) in [6.45, 7) is -0.302. The molecule has 2 aromatic carbocycles. The van der Waals surface area contributed by atoms with Gasteiger partial charge >= 0.3 is 5.97 Å². The number of benzene rings is 2. The van der Waals surface area contributed by atoms with Crippen molar-refractivity contribution in [3.05, 3.63) is 64.7 Å². The lowest BCUT2D eigenvalue weighted by Gasteiger charge is -2.29. The zero-order valence-corrected chi connectivity index (χ0v) is 13.3. The SMILES string of the molecule is C#C[C@@](CO)(Nc1ccc(C(=O)OC)cc1)c1ccc(Cl)cc1. The second-order valence-corrected chi connectivity index (χ2v) is 5.35. The van der Waals surface area contributed by atoms with E-state index in [9.17, 15) is 9.90 Å². The van der Waals surface area contributed by atoms with E-state index < -0.39 is 11.5 Å². The molecule has 0 radical (unpaired) electrons. The Morgan fingerprint density at radius 2 is 1.87 bits per heavy atom. The quantitative estimate of drug-likeness (QED) is 0.654. The molecule has 0 aliphatic heterocycles. The molecule has 2 aromatic rings. The van der Waals surface area contributed by atoms with Crippen LogP contribution in [0.2, 0.25) is 5.02 Å². The summed E-state index contributed by atoms with van der Waals surface area (Å²) in [6.07, 6.45) is 5.66. The summed E-state index contributed by atoms with van der Waals surface area (Å²) in [5, 5.41) is 13.5. The van der Waals surface area contributed by atoms with Gasteiger partial charge in [0.25, 0.3) is 0 Å². The lowest BCUT2D eigenvalue weighted by Crippen LogP contribution is -2.37. The van der Waals surface area contributed by atoms with E-state index in [4.69, 9.17) is 18.0 Å². The Morgan fingerprint density at radius 3 is 2.35 bits per heavy atom. The molecule has 0 aromatic heterocycles. The number of terminal acetylenes is 1. The Labute approximate surface area is 140 Å². The van der Waals surface area contributed by atoms with Crippen molar-refractivity contribution in [3.63, 3.8) is 0 Å². The number of hydrogen-bond donors (Lipinski definition) is 2. The van der Waals surface area contributed by atoms with Crippen molar-refractivity contribution < 1.29 is 14.6 Å². The smallest absolute Gasteiger partial charge is 0.337 e. The molecule has 0 aliphatic carbocycles. The van der Waals surface area contributed by atoms with Gasteiger partial charge in [0.2, 0.25) is 0 Å². The van der Waals surface area contributed by atoms with Crippen molar-refractivity contribution in [2.75, 3.05) is 19.0 Å². The molecule has 4 nitrogen and oxygen atoms in total. The average molecular weight is 330 g/mol. The number of anilines is 1. The number of rotatable bonds is 5. The third kappa shape index (κ3) is 3.65. The molecule has 0 fully saturated rings. The van der Waals surface area contributed by atoms with Gasteiger partial charge in [-0.1, -0.05) is 29.7 Å². The van der Waals surface area contributed by atoms with Crippen molar-refractivity contribution in [3.8, 4) is 12.3 Å². The largest absolute Gasteiger partial charge is 0.465 e. The van der Waals surface area contributed by atoms with Crippen LogP contribution < -0.4 is 5.32 Å². The Bertz CT molecular complexity index is 719. The van der Waals surface area contributed by atoms with Crippen molar-refractivity contribution in [1.29, 1.82) is 0 Å². The molecular weight excluding hydrogens is 314 g/mol. The molecule has 0 saturated heterocycles. The van der Waals surface area contributed by atoms with Gasteiger partial charge in [-0.15, -0.1) is 6.42 Å². The van der Waals surface area contributed by atoms with Gasteiger partial charge in [-0.05, 0) is 42.0 Å². The van der Waals surface area contributed by atoms with E-state index in [-0.39, 0.29) is 6.61 Å². The normalized spacial score (nSPS) is 12.8. The number of aliphatic hydroxyl groups is 1. The predicted molar refractivity (Wildman–Crippen MR) is 90.5 cm³/mol. The van der Waals surface area contributed by atoms with E-state index in [1.54, 1.807) is 48.5 Å². The minimum absolute atomic E-state index is 0.302. The second-order valence-electron chi connectivity index (χ2n) is 4.91. The van der Waals surface area contributed by atoms with E-state index in [1.807, 2.05) is 0 Å². The molecule has 0 amide bonds. The first-order chi connectivity index (χ1) is 11.0. The van der Waals surface area contributed by atoms with Gasteiger partial charge in [0.05, 0.1) is 19.3 Å². The fourth-order valence-corrected chi connectivity index (χ4v) is 2.28. The maximum atomic E-state index is 11.4. The summed E-state index contributed by atoms with van der Waals surface area (Å²) in [4.78, 5) is 11.4. The van der Waals surface area contributed by atoms with Gasteiger partial charge in [0.1, 0.15) is 5.54 Å². The molecule has 23 heavy (non-hydrogen) atoms. The van der Waals surface area contributed by atoms with E-state index in [0.717, 1.165) is 0 Å². The van der Waals surface area contributed by atoms with Gasteiger partial charge in [0, 0.05) is 10.7 Å². The first-order valence-electron chi connectivity index (χ1n) is 6.86. The van der Waals surface area contributed by atoms with Gasteiger partial charge in [-0.2, -0.15) is 0 Å². The van der Waals surface area contributed by atoms with Gasteiger partial charge in [-0.3, -0.25) is 0 Å². The highest BCUT2D eigenvalue weighted by Crippen LogP contribution is 2.27. The average Bonchev–Trinajstić information content (AvgIpc) is 2.60. The van der Waals surface area contributed by atoms with E-state index in [0.29, 0.717) is 21.8 Å². The number of aliphatic hydroxyl groups excluding tert-OH is 1. The number of methoxy groups -OCH3 is 1. The van der Waals surface area contributed by atoms with Crippen LogP contribution in [0.4, 0.5) is 5.69 Å². The van der Waals surface area contributed by atoms with E-state index >= 15 is 0 Å². The fourth-order valence-electron chi connectivity index (χ4n) is 2.16. The van der Waals surface area contributed by atoms with Crippen LogP contribution in [-0.2, 0) is 10.3 Å². The monoisotopic (exact) mass is 329 g/mol. The number of esters is 1. The summed E-state index contributed by atoms with van der Waals surface area (Å²) in [7, 11) is 1.32. The predicted octanol–water partition coefficient (Wildman–Crippen LogP) is 3.06. The lowest BCUT2D eigenvalue weighted by molar-refractivity contribution is 0.0601. The highest BCUT2D eigenvalue weighted by atomic mass is 35.5. The summed E-state index contributed by atoms with van der Waals surface area (Å²) in [5.74, 6) is 2.19. The first kappa shape index (κ1) is 16.9. The van der Waals surface area contributed by atoms with Crippen LogP contribution in [0.25, 0.3) is 0 Å². The van der Waals surface area contributed by atoms with E-state index in [2.05, 4.69) is 16.0 Å². The number of carbonyl (C=O) groups excluding carboxylic acids is 1. The Balaban J connectivity index is 2.31. The van der Waals surface area contributed by atoms with Crippen molar-refractivity contribution in [2.24, 2.45) is 0 Å². The molecular formula is C18H16ClNO3. The van der Waals surface area contributed by atoms with Crippen molar-refractivity contribution >= 4 is 23.3 Å². The highest BCUT2D eigenvalue weighted by Gasteiger charge is 2.29. The van der Waals surface area contributed by atoms with Crippen LogP contribution in [0.15, 0.2) is 48.5 Å². The van der Waals surface area contributed by atoms with Gasteiger partial charge < -0.3 is 15.2 Å². The summed E-state index contributed by atoms with van der Waals surface area (Å²) < 4.78 is 4.66. The van der Waals surface area contributed by atoms with Crippen LogP contribution >= 0.6 is 11.6 Å². The van der Waals surface area contributed by atoms with Gasteiger partial charge in [-0.25, -0.2) is 4.79 Å². The maximum absolute atomic E-state index is 11.4. The van der Waals surface area contributed by atoms with Crippen LogP contribution in [0.5, 0.6) is 0 Å². The molecule has 1 atom stereocenters. The minimum atomic E-state index is -1.09. The molecule has 0 aliphatic rings. The highest BCUT2D eigenvalue weighted by molar-refractivity contribution is 6.30. The van der Waals surface area contributed by atoms with Crippen LogP contribution in [0.3, 0.4) is 0 Å². The molecule has 0 saturated carbocycles. The van der Waals surface area contributed by atoms with Crippen LogP contribution in [-0.4, -0.2) is 24.8 Å². The topological polar surface area (TPSA) is 58.6 Å². The minimum Gasteiger partial charge on any atom is -0.465 e. The number of halogens is 1. The van der Waals surface area contributed by atoms with Gasteiger partial charge in [0.15, 0.2) is 0 Å². The summed E-state index contributed by atoms with van der Waals surface area (Å²) in [6, 6.07) is 13.6. The molecule has 0 heterocycles. The summed E-state index contributed by atoms with van der Waals surface area (Å²) in [5.41, 5.74) is 0.723. The molecule has 0 bridgehead atoms. The number of carbonyl (C=O) groups is 1. The maximum Gasteiger partial charge on any atom is 0.337 e. The van der Waals surface area contributed by atoms with Crippen LogP contribution in [0, 0.1) is 12.3 Å². The Kier molecular flexibility index (Phi) is 5.28. The number of ether oxygens (including phenoxy) is 1. The van der Waals surface area contributed by atoms with Crippen molar-refractivity contribution in [2.45, 2.75) is 5.54 Å². The third-order valence-electron chi connectivity index (χ3n) is 3.48. The summed E-state index contributed by atoms with van der Waals surface area (Å²) >= 11 is 5.89. The standard InChI is InChI=1S/C18H16ClNO3/c1-3-18(12-21,14-6-8-15(19)9-7-14)20-16-10-4-13(5-11-16)17(22)23-2/h1,4-11,20-21H,12H2,2H3/t18-/m0/s1. The first-order valence-corrected chi connectivity index (χ1v) is 7.23. The zero-order valence-electron chi connectivity index (χ0n) is 12.5. The Morgan fingerprint density at radius 1 is 1.26 bits per heavy atom. The molecule has 5 heteroatoms. The third-order valence-corrected chi connectivity index (χ3v) is 3.74. The van der Waals surface area contributed by atoms with E-state index in [1.165, 1.54) is 7.11 Å². The Hall–Kier alpha value is -2.48. The fraction of sp³-hybridized carbons (Fsp3) is 0.167. The molecule has 118 valence electrons. The number of hydrogen-bond acceptors (Lipinski definition) is 4. The second kappa shape index (κ2) is 7.19. The van der Waals surface area contributed by atoms with Crippen LogP contribution in [0.1, 0.15) is 15.9 Å². The number of nitrogens with one attached hydrogen (secondary N) is 1.